The Kier molecular flexibility index (Phi) is 4.94. The van der Waals surface area contributed by atoms with Crippen molar-refractivity contribution in [2.24, 2.45) is 0 Å². The van der Waals surface area contributed by atoms with E-state index in [-0.39, 0.29) is 23.6 Å². The number of nitrogens with zero attached hydrogens (tertiary/aromatic N) is 3. The van der Waals surface area contributed by atoms with Gasteiger partial charge in [0.15, 0.2) is 0 Å². The van der Waals surface area contributed by atoms with Crippen LogP contribution in [0.25, 0.3) is 17.1 Å². The van der Waals surface area contributed by atoms with Gasteiger partial charge >= 0.3 is 0 Å². The molecule has 1 aliphatic heterocycles. The molecule has 4 nitrogen and oxygen atoms in total. The van der Waals surface area contributed by atoms with Crippen molar-refractivity contribution in [3.63, 3.8) is 0 Å². The van der Waals surface area contributed by atoms with Gasteiger partial charge in [0.25, 0.3) is 0 Å². The highest BCUT2D eigenvalue weighted by Crippen LogP contribution is 2.29. The summed E-state index contributed by atoms with van der Waals surface area (Å²) < 4.78 is 29.4. The lowest BCUT2D eigenvalue weighted by molar-refractivity contribution is -0.127. The maximum Gasteiger partial charge on any atom is 0.246 e. The van der Waals surface area contributed by atoms with E-state index < -0.39 is 0 Å². The number of imidazole rings is 1. The van der Waals surface area contributed by atoms with Gasteiger partial charge in [-0.05, 0) is 50.1 Å². The normalized spacial score (nSPS) is 15.6. The monoisotopic (exact) mass is 381 g/mol. The summed E-state index contributed by atoms with van der Waals surface area (Å²) in [4.78, 5) is 18.7. The zero-order chi connectivity index (χ0) is 19.7. The molecule has 0 bridgehead atoms. The summed E-state index contributed by atoms with van der Waals surface area (Å²) in [5.41, 5.74) is 1.97. The Morgan fingerprint density at radius 2 is 1.89 bits per heavy atom. The van der Waals surface area contributed by atoms with E-state index in [0.29, 0.717) is 18.7 Å². The van der Waals surface area contributed by atoms with Crippen LogP contribution in [0.3, 0.4) is 0 Å². The molecule has 3 aromatic rings. The Hall–Kier alpha value is -3.02. The van der Waals surface area contributed by atoms with Crippen molar-refractivity contribution in [3.05, 3.63) is 71.6 Å². The predicted octanol–water partition coefficient (Wildman–Crippen LogP) is 4.50. The molecular formula is C22H21F2N3O. The Balaban J connectivity index is 1.45. The number of fused-ring (bicyclic) bond motifs is 1. The first kappa shape index (κ1) is 18.3. The first-order valence-corrected chi connectivity index (χ1v) is 9.38. The number of halogens is 2. The van der Waals surface area contributed by atoms with Crippen LogP contribution in [-0.4, -0.2) is 33.4 Å². The highest BCUT2D eigenvalue weighted by atomic mass is 19.1. The minimum atomic E-state index is -0.347. The fourth-order valence-electron chi connectivity index (χ4n) is 3.87. The van der Waals surface area contributed by atoms with Gasteiger partial charge in [0.05, 0.1) is 11.0 Å². The second-order valence-corrected chi connectivity index (χ2v) is 7.07. The molecule has 4 rings (SSSR count). The van der Waals surface area contributed by atoms with Gasteiger partial charge in [-0.3, -0.25) is 4.79 Å². The molecule has 2 aromatic carbocycles. The first-order chi connectivity index (χ1) is 13.5. The fraction of sp³-hybridized carbons (Fsp3) is 0.273. The maximum absolute atomic E-state index is 13.7. The van der Waals surface area contributed by atoms with Gasteiger partial charge < -0.3 is 9.47 Å². The molecule has 144 valence electrons. The number of likely N-dealkylation sites (tertiary alicyclic amines) is 1. The molecule has 1 saturated heterocycles. The molecule has 0 radical (unpaired) electrons. The zero-order valence-electron chi connectivity index (χ0n) is 15.6. The van der Waals surface area contributed by atoms with Gasteiger partial charge in [0, 0.05) is 30.8 Å². The van der Waals surface area contributed by atoms with E-state index in [0.717, 1.165) is 29.7 Å². The summed E-state index contributed by atoms with van der Waals surface area (Å²) in [6, 6.07) is 11.2. The smallest absolute Gasteiger partial charge is 0.246 e. The lowest BCUT2D eigenvalue weighted by Gasteiger charge is -2.33. The minimum absolute atomic E-state index is 0.125. The fourth-order valence-corrected chi connectivity index (χ4v) is 3.87. The third-order valence-electron chi connectivity index (χ3n) is 5.28. The molecule has 6 heteroatoms. The van der Waals surface area contributed by atoms with Gasteiger partial charge in [-0.15, -0.1) is 0 Å². The van der Waals surface area contributed by atoms with Gasteiger partial charge in [0.2, 0.25) is 5.91 Å². The van der Waals surface area contributed by atoms with E-state index in [1.165, 1.54) is 30.4 Å². The molecule has 1 aromatic heterocycles. The topological polar surface area (TPSA) is 38.1 Å². The summed E-state index contributed by atoms with van der Waals surface area (Å²) in [7, 11) is 0. The number of rotatable bonds is 3. The predicted molar refractivity (Wildman–Crippen MR) is 105 cm³/mol. The average molecular weight is 381 g/mol. The van der Waals surface area contributed by atoms with Crippen LogP contribution in [-0.2, 0) is 4.79 Å². The molecule has 2 heterocycles. The van der Waals surface area contributed by atoms with Gasteiger partial charge in [-0.2, -0.15) is 0 Å². The minimum Gasteiger partial charge on any atom is -0.339 e. The number of carbonyl (C=O) groups excluding carboxylic acids is 1. The van der Waals surface area contributed by atoms with E-state index in [4.69, 9.17) is 0 Å². The Morgan fingerprint density at radius 1 is 1.14 bits per heavy atom. The third-order valence-corrected chi connectivity index (χ3v) is 5.28. The second-order valence-electron chi connectivity index (χ2n) is 7.07. The molecule has 0 aliphatic carbocycles. The Morgan fingerprint density at radius 3 is 2.64 bits per heavy atom. The summed E-state index contributed by atoms with van der Waals surface area (Å²) >= 11 is 0. The van der Waals surface area contributed by atoms with E-state index >= 15 is 0 Å². The molecule has 0 N–H and O–H groups in total. The molecule has 0 spiro atoms. The van der Waals surface area contributed by atoms with Crippen LogP contribution in [0.5, 0.6) is 0 Å². The van der Waals surface area contributed by atoms with E-state index in [1.54, 1.807) is 29.2 Å². The van der Waals surface area contributed by atoms with E-state index in [2.05, 4.69) is 9.55 Å². The van der Waals surface area contributed by atoms with Crippen LogP contribution < -0.4 is 0 Å². The lowest BCUT2D eigenvalue weighted by atomic mass is 10.0. The number of piperidine rings is 1. The highest BCUT2D eigenvalue weighted by molar-refractivity contribution is 5.91. The average Bonchev–Trinajstić information content (AvgIpc) is 3.02. The molecule has 0 atom stereocenters. The number of hydrogen-bond acceptors (Lipinski definition) is 2. The molecule has 0 saturated carbocycles. The molecule has 1 amide bonds. The zero-order valence-corrected chi connectivity index (χ0v) is 15.6. The van der Waals surface area contributed by atoms with Crippen LogP contribution in [0.4, 0.5) is 8.78 Å². The van der Waals surface area contributed by atoms with Crippen LogP contribution in [0.2, 0.25) is 0 Å². The van der Waals surface area contributed by atoms with Crippen molar-refractivity contribution in [2.45, 2.75) is 25.8 Å². The van der Waals surface area contributed by atoms with E-state index in [1.807, 2.05) is 6.92 Å². The number of benzene rings is 2. The number of hydrogen-bond donors (Lipinski definition) is 0. The van der Waals surface area contributed by atoms with Crippen molar-refractivity contribution >= 4 is 23.0 Å². The van der Waals surface area contributed by atoms with Crippen molar-refractivity contribution in [2.75, 3.05) is 13.1 Å². The Labute approximate surface area is 162 Å². The quantitative estimate of drug-likeness (QED) is 0.627. The lowest BCUT2D eigenvalue weighted by Crippen LogP contribution is -2.38. The molecule has 1 fully saturated rings. The molecular weight excluding hydrogens is 360 g/mol. The largest absolute Gasteiger partial charge is 0.339 e. The molecule has 0 unspecified atom stereocenters. The molecule has 28 heavy (non-hydrogen) atoms. The standard InChI is InChI=1S/C22H21F2N3O/c1-15-25-20-8-7-17(23)14-21(20)27(15)18-10-12-26(13-11-18)22(28)9-6-16-4-2-3-5-19(16)24/h2-9,14,18H,10-13H2,1H3/b9-6+. The summed E-state index contributed by atoms with van der Waals surface area (Å²) in [5.74, 6) is 0.101. The van der Waals surface area contributed by atoms with Crippen LogP contribution >= 0.6 is 0 Å². The first-order valence-electron chi connectivity index (χ1n) is 9.38. The van der Waals surface area contributed by atoms with Crippen LogP contribution in [0, 0.1) is 18.6 Å². The third kappa shape index (κ3) is 3.54. The Bertz CT molecular complexity index is 1050. The SMILES string of the molecule is Cc1nc2ccc(F)cc2n1C1CCN(C(=O)/C=C/c2ccccc2F)CC1. The number of aryl methyl sites for hydroxylation is 1. The molecule has 1 aliphatic rings. The second kappa shape index (κ2) is 7.54. The van der Waals surface area contributed by atoms with Crippen LogP contribution in [0.15, 0.2) is 48.5 Å². The van der Waals surface area contributed by atoms with E-state index in [9.17, 15) is 13.6 Å². The number of carbonyl (C=O) groups is 1. The summed E-state index contributed by atoms with van der Waals surface area (Å²) in [6.45, 7) is 3.12. The maximum atomic E-state index is 13.7. The number of aromatic nitrogens is 2. The van der Waals surface area contributed by atoms with Gasteiger partial charge in [-0.1, -0.05) is 18.2 Å². The highest BCUT2D eigenvalue weighted by Gasteiger charge is 2.25. The summed E-state index contributed by atoms with van der Waals surface area (Å²) in [6.07, 6.45) is 4.47. The van der Waals surface area contributed by atoms with Crippen LogP contribution in [0.1, 0.15) is 30.3 Å². The van der Waals surface area contributed by atoms with Crippen molar-refractivity contribution in [1.29, 1.82) is 0 Å². The van der Waals surface area contributed by atoms with Gasteiger partial charge in [0.1, 0.15) is 17.5 Å². The van der Waals surface area contributed by atoms with Crippen molar-refractivity contribution in [1.82, 2.24) is 14.5 Å². The summed E-state index contributed by atoms with van der Waals surface area (Å²) in [5, 5.41) is 0. The van der Waals surface area contributed by atoms with Crippen molar-refractivity contribution in [3.8, 4) is 0 Å². The van der Waals surface area contributed by atoms with Crippen molar-refractivity contribution < 1.29 is 13.6 Å². The number of amides is 1. The van der Waals surface area contributed by atoms with Gasteiger partial charge in [-0.25, -0.2) is 13.8 Å².